The lowest BCUT2D eigenvalue weighted by Gasteiger charge is -2.15. The van der Waals surface area contributed by atoms with E-state index in [1.54, 1.807) is 11.5 Å². The molecule has 0 aromatic carbocycles. The van der Waals surface area contributed by atoms with Crippen LogP contribution in [0.15, 0.2) is 40.0 Å². The van der Waals surface area contributed by atoms with E-state index in [-0.39, 0.29) is 23.5 Å². The summed E-state index contributed by atoms with van der Waals surface area (Å²) in [5.41, 5.74) is 1.72. The van der Waals surface area contributed by atoms with Gasteiger partial charge in [0.25, 0.3) is 5.56 Å². The third kappa shape index (κ3) is 3.85. The molecule has 0 bridgehead atoms. The van der Waals surface area contributed by atoms with Crippen LogP contribution >= 0.6 is 11.3 Å². The van der Waals surface area contributed by atoms with Crippen molar-refractivity contribution >= 4 is 27.5 Å². The molecular formula is C19H23NO4S. The minimum Gasteiger partial charge on any atom is -0.490 e. The van der Waals surface area contributed by atoms with Crippen LogP contribution < -0.4 is 10.3 Å². The van der Waals surface area contributed by atoms with Crippen molar-refractivity contribution in [3.63, 3.8) is 0 Å². The first kappa shape index (κ1) is 19.0. The molecule has 5 nitrogen and oxygen atoms in total. The summed E-state index contributed by atoms with van der Waals surface area (Å²) in [5, 5.41) is 1.87. The molecule has 25 heavy (non-hydrogen) atoms. The minimum absolute atomic E-state index is 0.0369. The Morgan fingerprint density at radius 2 is 2.12 bits per heavy atom. The summed E-state index contributed by atoms with van der Waals surface area (Å²) in [4.78, 5) is 25.3. The predicted molar refractivity (Wildman–Crippen MR) is 102 cm³/mol. The second-order valence-corrected chi connectivity index (χ2v) is 6.28. The molecule has 0 saturated heterocycles. The number of hydrogen-bond acceptors (Lipinski definition) is 5. The highest BCUT2D eigenvalue weighted by molar-refractivity contribution is 7.17. The molecule has 2 aromatic rings. The standard InChI is InChI=1S/C19H23NO4S/c1-5-8-9-13(6-2)12-20-14-10-11-25-17(14)15(19(22)24-7-3)16(23-4)18(20)21/h5,8-11H,6-7,12H2,1-4H3/b8-5-,13-9+. The Balaban J connectivity index is 2.69. The van der Waals surface area contributed by atoms with Gasteiger partial charge in [-0.15, -0.1) is 11.3 Å². The Labute approximate surface area is 151 Å². The Bertz CT molecular complexity index is 873. The van der Waals surface area contributed by atoms with Gasteiger partial charge < -0.3 is 14.0 Å². The molecule has 0 N–H and O–H groups in total. The summed E-state index contributed by atoms with van der Waals surface area (Å²) in [6.45, 7) is 6.42. The summed E-state index contributed by atoms with van der Waals surface area (Å²) < 4.78 is 12.8. The number of fused-ring (bicyclic) bond motifs is 1. The van der Waals surface area contributed by atoms with E-state index >= 15 is 0 Å². The Kier molecular flexibility index (Phi) is 6.58. The smallest absolute Gasteiger partial charge is 0.343 e. The highest BCUT2D eigenvalue weighted by Crippen LogP contribution is 2.30. The van der Waals surface area contributed by atoms with Gasteiger partial charge in [0, 0.05) is 6.54 Å². The van der Waals surface area contributed by atoms with Crippen molar-refractivity contribution in [2.75, 3.05) is 13.7 Å². The quantitative estimate of drug-likeness (QED) is 0.549. The second kappa shape index (κ2) is 8.67. The van der Waals surface area contributed by atoms with Gasteiger partial charge in [0.1, 0.15) is 5.56 Å². The molecule has 0 atom stereocenters. The third-order valence-electron chi connectivity index (χ3n) is 3.85. The van der Waals surface area contributed by atoms with Gasteiger partial charge in [0.2, 0.25) is 5.75 Å². The summed E-state index contributed by atoms with van der Waals surface area (Å²) >= 11 is 1.40. The number of thiophene rings is 1. The summed E-state index contributed by atoms with van der Waals surface area (Å²) in [7, 11) is 1.40. The van der Waals surface area contributed by atoms with E-state index in [2.05, 4.69) is 6.92 Å². The van der Waals surface area contributed by atoms with Crippen molar-refractivity contribution in [1.82, 2.24) is 4.57 Å². The fraction of sp³-hybridized carbons (Fsp3) is 0.368. The van der Waals surface area contributed by atoms with E-state index in [0.29, 0.717) is 11.2 Å². The number of methoxy groups -OCH3 is 1. The molecule has 2 heterocycles. The molecule has 134 valence electrons. The minimum atomic E-state index is -0.531. The average Bonchev–Trinajstić information content (AvgIpc) is 3.08. The van der Waals surface area contributed by atoms with Gasteiger partial charge in [0.05, 0.1) is 23.9 Å². The van der Waals surface area contributed by atoms with Gasteiger partial charge in [-0.3, -0.25) is 4.79 Å². The number of aromatic nitrogens is 1. The second-order valence-electron chi connectivity index (χ2n) is 5.36. The summed E-state index contributed by atoms with van der Waals surface area (Å²) in [6, 6.07) is 1.85. The fourth-order valence-corrected chi connectivity index (χ4v) is 3.52. The number of nitrogens with zero attached hydrogens (tertiary/aromatic N) is 1. The van der Waals surface area contributed by atoms with Crippen LogP contribution in [0.4, 0.5) is 0 Å². The number of carbonyl (C=O) groups is 1. The third-order valence-corrected chi connectivity index (χ3v) is 4.77. The largest absolute Gasteiger partial charge is 0.490 e. The summed E-state index contributed by atoms with van der Waals surface area (Å²) in [6.07, 6.45) is 6.74. The fourth-order valence-electron chi connectivity index (χ4n) is 2.60. The van der Waals surface area contributed by atoms with E-state index in [1.165, 1.54) is 18.4 Å². The molecule has 0 unspecified atom stereocenters. The van der Waals surface area contributed by atoms with Gasteiger partial charge in [-0.2, -0.15) is 0 Å². The lowest BCUT2D eigenvalue weighted by Crippen LogP contribution is -2.25. The maximum atomic E-state index is 13.0. The van der Waals surface area contributed by atoms with Crippen molar-refractivity contribution in [3.8, 4) is 5.75 Å². The van der Waals surface area contributed by atoms with Crippen molar-refractivity contribution < 1.29 is 14.3 Å². The van der Waals surface area contributed by atoms with Gasteiger partial charge >= 0.3 is 5.97 Å². The van der Waals surface area contributed by atoms with E-state index in [9.17, 15) is 9.59 Å². The van der Waals surface area contributed by atoms with E-state index < -0.39 is 5.97 Å². The zero-order valence-electron chi connectivity index (χ0n) is 15.0. The molecule has 0 spiro atoms. The molecule has 0 fully saturated rings. The molecule has 2 aromatic heterocycles. The average molecular weight is 361 g/mol. The lowest BCUT2D eigenvalue weighted by atomic mass is 10.1. The SMILES string of the molecule is C/C=C\C=C(/CC)Cn1c(=O)c(OC)c(C(=O)OCC)c2sccc21. The Hall–Kier alpha value is -2.34. The Morgan fingerprint density at radius 1 is 1.36 bits per heavy atom. The number of ether oxygens (including phenoxy) is 2. The molecule has 0 aliphatic heterocycles. The number of hydrogen-bond donors (Lipinski definition) is 0. The molecule has 0 saturated carbocycles. The first-order chi connectivity index (χ1) is 12.1. The van der Waals surface area contributed by atoms with E-state index in [1.807, 2.05) is 36.6 Å². The maximum absolute atomic E-state index is 13.0. The van der Waals surface area contributed by atoms with Crippen LogP contribution in [0.2, 0.25) is 0 Å². The van der Waals surface area contributed by atoms with Crippen LogP contribution in [-0.4, -0.2) is 24.3 Å². The van der Waals surface area contributed by atoms with Crippen LogP contribution in [0.1, 0.15) is 37.6 Å². The van der Waals surface area contributed by atoms with Crippen LogP contribution in [0.25, 0.3) is 10.2 Å². The molecule has 0 aliphatic rings. The molecule has 0 amide bonds. The molecular weight excluding hydrogens is 338 g/mol. The van der Waals surface area contributed by atoms with Gasteiger partial charge in [-0.05, 0) is 31.7 Å². The van der Waals surface area contributed by atoms with Crippen LogP contribution in [0.3, 0.4) is 0 Å². The van der Waals surface area contributed by atoms with Crippen molar-refractivity contribution in [2.24, 2.45) is 0 Å². The number of esters is 1. The number of allylic oxidation sites excluding steroid dienone is 4. The molecule has 0 radical (unpaired) electrons. The molecule has 2 rings (SSSR count). The molecule has 6 heteroatoms. The topological polar surface area (TPSA) is 57.5 Å². The molecule has 0 aliphatic carbocycles. The first-order valence-corrected chi connectivity index (χ1v) is 9.12. The normalized spacial score (nSPS) is 12.1. The van der Waals surface area contributed by atoms with Crippen LogP contribution in [0.5, 0.6) is 5.75 Å². The zero-order chi connectivity index (χ0) is 18.4. The highest BCUT2D eigenvalue weighted by atomic mass is 32.1. The van der Waals surface area contributed by atoms with E-state index in [4.69, 9.17) is 9.47 Å². The van der Waals surface area contributed by atoms with E-state index in [0.717, 1.165) is 17.5 Å². The monoisotopic (exact) mass is 361 g/mol. The maximum Gasteiger partial charge on any atom is 0.343 e. The van der Waals surface area contributed by atoms with Crippen LogP contribution in [0, 0.1) is 0 Å². The first-order valence-electron chi connectivity index (χ1n) is 8.24. The van der Waals surface area contributed by atoms with Gasteiger partial charge in [-0.25, -0.2) is 4.79 Å². The number of pyridine rings is 1. The van der Waals surface area contributed by atoms with Crippen molar-refractivity contribution in [2.45, 2.75) is 33.7 Å². The van der Waals surface area contributed by atoms with Gasteiger partial charge in [-0.1, -0.05) is 30.7 Å². The predicted octanol–water partition coefficient (Wildman–Crippen LogP) is 4.16. The number of rotatable bonds is 7. The van der Waals surface area contributed by atoms with Crippen molar-refractivity contribution in [3.05, 3.63) is 51.2 Å². The number of carbonyl (C=O) groups excluding carboxylic acids is 1. The summed E-state index contributed by atoms with van der Waals surface area (Å²) in [5.74, 6) is -0.494. The van der Waals surface area contributed by atoms with Gasteiger partial charge in [0.15, 0.2) is 0 Å². The van der Waals surface area contributed by atoms with Crippen LogP contribution in [-0.2, 0) is 11.3 Å². The van der Waals surface area contributed by atoms with Crippen molar-refractivity contribution in [1.29, 1.82) is 0 Å². The Morgan fingerprint density at radius 3 is 2.72 bits per heavy atom. The highest BCUT2D eigenvalue weighted by Gasteiger charge is 2.24. The lowest BCUT2D eigenvalue weighted by molar-refractivity contribution is 0.0525. The zero-order valence-corrected chi connectivity index (χ0v) is 15.8.